The fourth-order valence-corrected chi connectivity index (χ4v) is 3.52. The predicted molar refractivity (Wildman–Crippen MR) is 120 cm³/mol. The molecule has 0 aliphatic carbocycles. The molecule has 7 heteroatoms. The molecule has 4 rings (SSSR count). The van der Waals surface area contributed by atoms with Crippen LogP contribution in [0, 0.1) is 12.7 Å². The highest BCUT2D eigenvalue weighted by Gasteiger charge is 2.18. The zero-order valence-corrected chi connectivity index (χ0v) is 17.8. The van der Waals surface area contributed by atoms with Crippen molar-refractivity contribution < 1.29 is 9.18 Å². The number of nitrogens with one attached hydrogen (secondary N) is 1. The first-order chi connectivity index (χ1) is 15.0. The van der Waals surface area contributed by atoms with Crippen LogP contribution < -0.4 is 5.32 Å². The molecule has 0 unspecified atom stereocenters. The number of anilines is 1. The molecule has 6 nitrogen and oxygen atoms in total. The SMILES string of the molecule is Cc1ccc(-c2cc(-c3ccc(F)cc3)nc(NC(=O)CN3CCN(C)CC3)n2)cc1. The van der Waals surface area contributed by atoms with Crippen molar-refractivity contribution >= 4 is 11.9 Å². The van der Waals surface area contributed by atoms with Crippen LogP contribution in [0.4, 0.5) is 10.3 Å². The Kier molecular flexibility index (Phi) is 6.34. The molecule has 2 heterocycles. The van der Waals surface area contributed by atoms with Crippen LogP contribution in [-0.4, -0.2) is 65.4 Å². The number of carbonyl (C=O) groups is 1. The molecule has 0 atom stereocenters. The van der Waals surface area contributed by atoms with E-state index in [9.17, 15) is 9.18 Å². The number of rotatable bonds is 5. The van der Waals surface area contributed by atoms with Crippen molar-refractivity contribution in [2.45, 2.75) is 6.92 Å². The summed E-state index contributed by atoms with van der Waals surface area (Å²) in [5.74, 6) is -0.204. The lowest BCUT2D eigenvalue weighted by Crippen LogP contribution is -2.47. The van der Waals surface area contributed by atoms with Gasteiger partial charge in [-0.3, -0.25) is 15.0 Å². The number of aromatic nitrogens is 2. The van der Waals surface area contributed by atoms with Crippen LogP contribution in [0.15, 0.2) is 54.6 Å². The Balaban J connectivity index is 1.60. The summed E-state index contributed by atoms with van der Waals surface area (Å²) in [6.45, 7) is 5.93. The van der Waals surface area contributed by atoms with Crippen molar-refractivity contribution in [1.82, 2.24) is 19.8 Å². The Morgan fingerprint density at radius 2 is 1.48 bits per heavy atom. The van der Waals surface area contributed by atoms with Gasteiger partial charge in [-0.25, -0.2) is 14.4 Å². The number of hydrogen-bond acceptors (Lipinski definition) is 5. The highest BCUT2D eigenvalue weighted by molar-refractivity contribution is 5.91. The zero-order valence-electron chi connectivity index (χ0n) is 17.8. The average molecular weight is 420 g/mol. The molecule has 0 saturated carbocycles. The number of carbonyl (C=O) groups excluding carboxylic acids is 1. The molecule has 1 N–H and O–H groups in total. The Morgan fingerprint density at radius 1 is 0.935 bits per heavy atom. The summed E-state index contributed by atoms with van der Waals surface area (Å²) in [5.41, 5.74) is 4.15. The molecule has 3 aromatic rings. The third-order valence-electron chi connectivity index (χ3n) is 5.43. The standard InChI is InChI=1S/C24H26FN5O/c1-17-3-5-18(6-4-17)21-15-22(19-7-9-20(25)10-8-19)27-24(26-21)28-23(31)16-30-13-11-29(2)12-14-30/h3-10,15H,11-14,16H2,1-2H3,(H,26,27,28,31). The molecule has 1 aromatic heterocycles. The molecular formula is C24H26FN5O. The highest BCUT2D eigenvalue weighted by Crippen LogP contribution is 2.25. The minimum absolute atomic E-state index is 0.143. The van der Waals surface area contributed by atoms with E-state index in [4.69, 9.17) is 0 Å². The first kappa shape index (κ1) is 21.1. The zero-order chi connectivity index (χ0) is 21.8. The molecule has 1 saturated heterocycles. The van der Waals surface area contributed by atoms with Gasteiger partial charge in [0.2, 0.25) is 11.9 Å². The van der Waals surface area contributed by atoms with E-state index in [1.807, 2.05) is 37.3 Å². The summed E-state index contributed by atoms with van der Waals surface area (Å²) in [6.07, 6.45) is 0. The van der Waals surface area contributed by atoms with E-state index in [0.717, 1.165) is 42.9 Å². The van der Waals surface area contributed by atoms with Gasteiger partial charge < -0.3 is 4.90 Å². The average Bonchev–Trinajstić information content (AvgIpc) is 2.76. The van der Waals surface area contributed by atoms with Gasteiger partial charge in [0, 0.05) is 37.3 Å². The largest absolute Gasteiger partial charge is 0.304 e. The van der Waals surface area contributed by atoms with E-state index in [1.54, 1.807) is 12.1 Å². The molecule has 0 bridgehead atoms. The summed E-state index contributed by atoms with van der Waals surface area (Å²) in [5, 5.41) is 2.85. The Labute approximate surface area is 181 Å². The van der Waals surface area contributed by atoms with Crippen LogP contribution in [0.5, 0.6) is 0 Å². The van der Waals surface area contributed by atoms with Gasteiger partial charge in [0.1, 0.15) is 5.82 Å². The second-order valence-electron chi connectivity index (χ2n) is 7.96. The van der Waals surface area contributed by atoms with E-state index in [1.165, 1.54) is 12.1 Å². The van der Waals surface area contributed by atoms with Crippen molar-refractivity contribution in [3.05, 3.63) is 66.0 Å². The second kappa shape index (κ2) is 9.32. The van der Waals surface area contributed by atoms with E-state index in [2.05, 4.69) is 32.1 Å². The number of halogens is 1. The molecule has 1 amide bonds. The van der Waals surface area contributed by atoms with E-state index in [-0.39, 0.29) is 17.7 Å². The minimum atomic E-state index is -0.308. The van der Waals surface area contributed by atoms with Crippen LogP contribution in [0.1, 0.15) is 5.56 Å². The van der Waals surface area contributed by atoms with E-state index < -0.39 is 0 Å². The summed E-state index contributed by atoms with van der Waals surface area (Å²) in [7, 11) is 2.08. The molecular weight excluding hydrogens is 393 g/mol. The van der Waals surface area contributed by atoms with Crippen molar-refractivity contribution in [3.63, 3.8) is 0 Å². The maximum absolute atomic E-state index is 13.4. The smallest absolute Gasteiger partial charge is 0.240 e. The monoisotopic (exact) mass is 419 g/mol. The van der Waals surface area contributed by atoms with Gasteiger partial charge >= 0.3 is 0 Å². The van der Waals surface area contributed by atoms with Crippen LogP contribution in [0.3, 0.4) is 0 Å². The van der Waals surface area contributed by atoms with E-state index >= 15 is 0 Å². The van der Waals surface area contributed by atoms with Crippen molar-refractivity contribution in [2.75, 3.05) is 45.1 Å². The van der Waals surface area contributed by atoms with Crippen molar-refractivity contribution in [2.24, 2.45) is 0 Å². The summed E-state index contributed by atoms with van der Waals surface area (Å²) < 4.78 is 13.4. The topological polar surface area (TPSA) is 61.4 Å². The number of benzene rings is 2. The Hall–Kier alpha value is -3.16. The number of amides is 1. The lowest BCUT2D eigenvalue weighted by atomic mass is 10.1. The minimum Gasteiger partial charge on any atom is -0.304 e. The summed E-state index contributed by atoms with van der Waals surface area (Å²) in [6, 6.07) is 16.0. The number of hydrogen-bond donors (Lipinski definition) is 1. The number of likely N-dealkylation sites (N-methyl/N-ethyl adjacent to an activating group) is 1. The quantitative estimate of drug-likeness (QED) is 0.687. The van der Waals surface area contributed by atoms with Crippen LogP contribution >= 0.6 is 0 Å². The van der Waals surface area contributed by atoms with Gasteiger partial charge in [-0.2, -0.15) is 0 Å². The van der Waals surface area contributed by atoms with Crippen LogP contribution in [0.2, 0.25) is 0 Å². The third kappa shape index (κ3) is 5.51. The molecule has 31 heavy (non-hydrogen) atoms. The lowest BCUT2D eigenvalue weighted by molar-refractivity contribution is -0.117. The van der Waals surface area contributed by atoms with E-state index in [0.29, 0.717) is 17.9 Å². The summed E-state index contributed by atoms with van der Waals surface area (Å²) in [4.78, 5) is 26.1. The van der Waals surface area contributed by atoms with Crippen LogP contribution in [-0.2, 0) is 4.79 Å². The number of nitrogens with zero attached hydrogens (tertiary/aromatic N) is 4. The molecule has 160 valence electrons. The van der Waals surface area contributed by atoms with Gasteiger partial charge in [-0.05, 0) is 44.3 Å². The predicted octanol–water partition coefficient (Wildman–Crippen LogP) is 3.44. The molecule has 1 aliphatic rings. The molecule has 1 aliphatic heterocycles. The Morgan fingerprint density at radius 3 is 2.06 bits per heavy atom. The van der Waals surface area contributed by atoms with Crippen LogP contribution in [0.25, 0.3) is 22.5 Å². The summed E-state index contributed by atoms with van der Waals surface area (Å²) >= 11 is 0. The second-order valence-corrected chi connectivity index (χ2v) is 7.96. The van der Waals surface area contributed by atoms with Gasteiger partial charge in [0.05, 0.1) is 17.9 Å². The maximum Gasteiger partial charge on any atom is 0.240 e. The third-order valence-corrected chi connectivity index (χ3v) is 5.43. The fraction of sp³-hybridized carbons (Fsp3) is 0.292. The fourth-order valence-electron chi connectivity index (χ4n) is 3.52. The number of piperazine rings is 1. The highest BCUT2D eigenvalue weighted by atomic mass is 19.1. The molecule has 0 spiro atoms. The number of aryl methyl sites for hydroxylation is 1. The first-order valence-corrected chi connectivity index (χ1v) is 10.4. The van der Waals surface area contributed by atoms with Crippen molar-refractivity contribution in [3.8, 4) is 22.5 Å². The lowest BCUT2D eigenvalue weighted by Gasteiger charge is -2.31. The van der Waals surface area contributed by atoms with Gasteiger partial charge in [-0.15, -0.1) is 0 Å². The molecule has 0 radical (unpaired) electrons. The van der Waals surface area contributed by atoms with Crippen molar-refractivity contribution in [1.29, 1.82) is 0 Å². The maximum atomic E-state index is 13.4. The normalized spacial score (nSPS) is 15.1. The Bertz CT molecular complexity index is 981. The van der Waals surface area contributed by atoms with Gasteiger partial charge in [-0.1, -0.05) is 29.8 Å². The van der Waals surface area contributed by atoms with Gasteiger partial charge in [0.15, 0.2) is 0 Å². The molecule has 1 fully saturated rings. The van der Waals surface area contributed by atoms with Gasteiger partial charge in [0.25, 0.3) is 0 Å². The molecule has 2 aromatic carbocycles. The first-order valence-electron chi connectivity index (χ1n) is 10.4.